The Labute approximate surface area is 142 Å². The Morgan fingerprint density at radius 1 is 1.14 bits per heavy atom. The number of ether oxygens (including phenoxy) is 1. The highest BCUT2D eigenvalue weighted by Gasteiger charge is 2.15. The quantitative estimate of drug-likeness (QED) is 0.632. The van der Waals surface area contributed by atoms with E-state index in [1.165, 1.54) is 5.56 Å². The van der Waals surface area contributed by atoms with E-state index >= 15 is 0 Å². The van der Waals surface area contributed by atoms with Crippen LogP contribution in [0.25, 0.3) is 10.2 Å². The van der Waals surface area contributed by atoms with Crippen LogP contribution in [0, 0.1) is 20.8 Å². The van der Waals surface area contributed by atoms with Crippen LogP contribution in [0.15, 0.2) is 28.1 Å². The summed E-state index contributed by atoms with van der Waals surface area (Å²) in [6.45, 7) is 6.18. The molecule has 0 fully saturated rings. The third kappa shape index (κ3) is 2.48. The first-order chi connectivity index (χ1) is 10.5. The molecular formula is C17H17BrN2OS. The molecule has 1 N–H and O–H groups in total. The van der Waals surface area contributed by atoms with Crippen LogP contribution in [-0.4, -0.2) is 12.1 Å². The number of anilines is 2. The van der Waals surface area contributed by atoms with Crippen LogP contribution in [0.4, 0.5) is 11.4 Å². The maximum atomic E-state index is 5.44. The molecular weight excluding hydrogens is 360 g/mol. The summed E-state index contributed by atoms with van der Waals surface area (Å²) in [5, 5.41) is 5.67. The van der Waals surface area contributed by atoms with Crippen LogP contribution in [-0.2, 0) is 0 Å². The molecule has 3 rings (SSSR count). The number of hydrogen-bond acceptors (Lipinski definition) is 4. The largest absolute Gasteiger partial charge is 0.496 e. The lowest BCUT2D eigenvalue weighted by molar-refractivity contribution is 0.412. The second-order valence-electron chi connectivity index (χ2n) is 5.23. The van der Waals surface area contributed by atoms with Crippen molar-refractivity contribution < 1.29 is 4.74 Å². The van der Waals surface area contributed by atoms with Gasteiger partial charge in [-0.2, -0.15) is 0 Å². The summed E-state index contributed by atoms with van der Waals surface area (Å²) in [6.07, 6.45) is 0. The molecule has 0 aliphatic carbocycles. The number of methoxy groups -OCH3 is 1. The molecule has 2 heterocycles. The summed E-state index contributed by atoms with van der Waals surface area (Å²) in [7, 11) is 1.70. The molecule has 22 heavy (non-hydrogen) atoms. The van der Waals surface area contributed by atoms with Gasteiger partial charge in [-0.25, -0.2) is 0 Å². The van der Waals surface area contributed by atoms with E-state index in [1.54, 1.807) is 18.4 Å². The van der Waals surface area contributed by atoms with Crippen LogP contribution < -0.4 is 10.1 Å². The minimum atomic E-state index is 0.887. The van der Waals surface area contributed by atoms with Crippen LogP contribution in [0.5, 0.6) is 5.75 Å². The van der Waals surface area contributed by atoms with Crippen molar-refractivity contribution in [2.45, 2.75) is 20.8 Å². The molecule has 2 aromatic heterocycles. The van der Waals surface area contributed by atoms with Gasteiger partial charge in [0.2, 0.25) is 0 Å². The first-order valence-electron chi connectivity index (χ1n) is 6.97. The van der Waals surface area contributed by atoms with Crippen molar-refractivity contribution in [3.8, 4) is 5.75 Å². The minimum absolute atomic E-state index is 0.887. The molecule has 0 unspecified atom stereocenters. The Kier molecular flexibility index (Phi) is 4.10. The number of halogens is 1. The lowest BCUT2D eigenvalue weighted by Crippen LogP contribution is -2.01. The highest BCUT2D eigenvalue weighted by Crippen LogP contribution is 2.40. The Bertz CT molecular complexity index is 857. The third-order valence-corrected chi connectivity index (χ3v) is 5.68. The number of rotatable bonds is 3. The van der Waals surface area contributed by atoms with Crippen LogP contribution >= 0.6 is 27.3 Å². The lowest BCUT2D eigenvalue weighted by Gasteiger charge is -2.17. The fourth-order valence-electron chi connectivity index (χ4n) is 2.57. The fraction of sp³-hybridized carbons (Fsp3) is 0.235. The Morgan fingerprint density at radius 2 is 1.91 bits per heavy atom. The Morgan fingerprint density at radius 3 is 2.64 bits per heavy atom. The number of nitrogens with zero attached hydrogens (tertiary/aromatic N) is 1. The lowest BCUT2D eigenvalue weighted by atomic mass is 10.1. The summed E-state index contributed by atoms with van der Waals surface area (Å²) in [5.74, 6) is 0.887. The van der Waals surface area contributed by atoms with Crippen molar-refractivity contribution in [2.75, 3.05) is 12.4 Å². The summed E-state index contributed by atoms with van der Waals surface area (Å²) in [5.41, 5.74) is 6.44. The zero-order chi connectivity index (χ0) is 15.9. The smallest absolute Gasteiger partial charge is 0.123 e. The van der Waals surface area contributed by atoms with Crippen molar-refractivity contribution in [3.63, 3.8) is 0 Å². The van der Waals surface area contributed by atoms with Gasteiger partial charge in [0.15, 0.2) is 0 Å². The molecule has 0 spiro atoms. The molecule has 0 atom stereocenters. The van der Waals surface area contributed by atoms with Gasteiger partial charge in [-0.05, 0) is 59.8 Å². The minimum Gasteiger partial charge on any atom is -0.496 e. The molecule has 0 saturated carbocycles. The molecule has 0 radical (unpaired) electrons. The molecule has 3 aromatic rings. The van der Waals surface area contributed by atoms with Gasteiger partial charge in [-0.15, -0.1) is 11.3 Å². The summed E-state index contributed by atoms with van der Waals surface area (Å²) >= 11 is 5.37. The maximum Gasteiger partial charge on any atom is 0.123 e. The summed E-state index contributed by atoms with van der Waals surface area (Å²) < 4.78 is 7.60. The standard InChI is InChI=1S/C17H17BrN2OS/c1-9-5-6-13(21-4)10(2)15(9)20-16-14(18)11(3)19-12-7-8-22-17(12)16/h5-8H,1-4H3,(H,19,20). The van der Waals surface area contributed by atoms with Gasteiger partial charge < -0.3 is 10.1 Å². The highest BCUT2D eigenvalue weighted by molar-refractivity contribution is 9.10. The maximum absolute atomic E-state index is 5.44. The predicted octanol–water partition coefficient (Wildman–Crippen LogP) is 5.74. The third-order valence-electron chi connectivity index (χ3n) is 3.79. The molecule has 0 aliphatic heterocycles. The van der Waals surface area contributed by atoms with Gasteiger partial charge in [0.1, 0.15) is 5.75 Å². The van der Waals surface area contributed by atoms with Crippen LogP contribution in [0.2, 0.25) is 0 Å². The number of benzene rings is 1. The van der Waals surface area contributed by atoms with Crippen LogP contribution in [0.3, 0.4) is 0 Å². The van der Waals surface area contributed by atoms with E-state index in [2.05, 4.69) is 57.6 Å². The summed E-state index contributed by atoms with van der Waals surface area (Å²) in [6, 6.07) is 6.13. The average Bonchev–Trinajstić information content (AvgIpc) is 2.95. The van der Waals surface area contributed by atoms with Crippen LogP contribution in [0.1, 0.15) is 16.8 Å². The zero-order valence-corrected chi connectivity index (χ0v) is 15.4. The van der Waals surface area contributed by atoms with Gasteiger partial charge >= 0.3 is 0 Å². The zero-order valence-electron chi connectivity index (χ0n) is 13.0. The van der Waals surface area contributed by atoms with E-state index in [-0.39, 0.29) is 0 Å². The molecule has 5 heteroatoms. The monoisotopic (exact) mass is 376 g/mol. The van der Waals surface area contributed by atoms with E-state index < -0.39 is 0 Å². The first-order valence-corrected chi connectivity index (χ1v) is 8.64. The average molecular weight is 377 g/mol. The van der Waals surface area contributed by atoms with Gasteiger partial charge in [0.25, 0.3) is 0 Å². The van der Waals surface area contributed by atoms with E-state index in [0.29, 0.717) is 0 Å². The van der Waals surface area contributed by atoms with Gasteiger partial charge in [-0.3, -0.25) is 4.98 Å². The van der Waals surface area contributed by atoms with E-state index in [9.17, 15) is 0 Å². The number of thiophene rings is 1. The van der Waals surface area contributed by atoms with Crippen molar-refractivity contribution in [1.29, 1.82) is 0 Å². The highest BCUT2D eigenvalue weighted by atomic mass is 79.9. The van der Waals surface area contributed by atoms with E-state index in [0.717, 1.165) is 43.1 Å². The fourth-order valence-corrected chi connectivity index (χ4v) is 3.92. The van der Waals surface area contributed by atoms with Gasteiger partial charge in [0, 0.05) is 11.3 Å². The number of nitrogens with one attached hydrogen (secondary N) is 1. The van der Waals surface area contributed by atoms with Crippen molar-refractivity contribution in [3.05, 3.63) is 44.9 Å². The number of fused-ring (bicyclic) bond motifs is 1. The van der Waals surface area contributed by atoms with Crippen molar-refractivity contribution >= 4 is 48.9 Å². The molecule has 0 amide bonds. The molecule has 0 bridgehead atoms. The Hall–Kier alpha value is -1.59. The summed E-state index contributed by atoms with van der Waals surface area (Å²) in [4.78, 5) is 4.61. The number of hydrogen-bond donors (Lipinski definition) is 1. The van der Waals surface area contributed by atoms with Crippen molar-refractivity contribution in [2.24, 2.45) is 0 Å². The molecule has 0 saturated heterocycles. The second-order valence-corrected chi connectivity index (χ2v) is 6.94. The SMILES string of the molecule is COc1ccc(C)c(Nc2c(Br)c(C)nc3ccsc23)c1C. The second kappa shape index (κ2) is 5.89. The van der Waals surface area contributed by atoms with Crippen molar-refractivity contribution in [1.82, 2.24) is 4.98 Å². The molecule has 1 aromatic carbocycles. The topological polar surface area (TPSA) is 34.1 Å². The number of pyridine rings is 1. The predicted molar refractivity (Wildman–Crippen MR) is 97.8 cm³/mol. The van der Waals surface area contributed by atoms with Gasteiger partial charge in [0.05, 0.1) is 33.2 Å². The van der Waals surface area contributed by atoms with E-state index in [1.807, 2.05) is 13.0 Å². The molecule has 3 nitrogen and oxygen atoms in total. The molecule has 114 valence electrons. The molecule has 0 aliphatic rings. The van der Waals surface area contributed by atoms with E-state index in [4.69, 9.17) is 4.74 Å². The number of aryl methyl sites for hydroxylation is 2. The first kappa shape index (κ1) is 15.3. The number of aromatic nitrogens is 1. The van der Waals surface area contributed by atoms with Gasteiger partial charge in [-0.1, -0.05) is 6.07 Å². The Balaban J connectivity index is 2.19. The normalized spacial score (nSPS) is 11.0.